The molecule has 2 aromatic carbocycles. The number of sulfonamides is 1. The number of ether oxygens (including phenoxy) is 2. The molecular weight excluding hydrogens is 426 g/mol. The number of benzene rings is 2. The Morgan fingerprint density at radius 1 is 1.10 bits per heavy atom. The molecule has 0 amide bonds. The van der Waals surface area contributed by atoms with Gasteiger partial charge in [-0.25, -0.2) is 13.2 Å². The van der Waals surface area contributed by atoms with Gasteiger partial charge in [0.05, 0.1) is 28.7 Å². The lowest BCUT2D eigenvalue weighted by Gasteiger charge is -2.26. The van der Waals surface area contributed by atoms with Gasteiger partial charge in [0.1, 0.15) is 6.61 Å². The molecular formula is C22H26ClNO5S. The van der Waals surface area contributed by atoms with E-state index in [1.165, 1.54) is 28.1 Å². The van der Waals surface area contributed by atoms with Crippen molar-refractivity contribution in [1.29, 1.82) is 0 Å². The molecule has 0 atom stereocenters. The molecule has 1 aliphatic heterocycles. The number of esters is 1. The summed E-state index contributed by atoms with van der Waals surface area (Å²) in [4.78, 5) is 12.6. The fourth-order valence-electron chi connectivity index (χ4n) is 3.08. The molecule has 30 heavy (non-hydrogen) atoms. The predicted molar refractivity (Wildman–Crippen MR) is 115 cm³/mol. The highest BCUT2D eigenvalue weighted by Gasteiger charge is 2.28. The van der Waals surface area contributed by atoms with Crippen LogP contribution < -0.4 is 0 Å². The van der Waals surface area contributed by atoms with E-state index in [1.807, 2.05) is 24.3 Å². The molecule has 0 saturated carbocycles. The Kier molecular flexibility index (Phi) is 6.87. The second kappa shape index (κ2) is 9.06. The first-order valence-corrected chi connectivity index (χ1v) is 11.5. The van der Waals surface area contributed by atoms with Gasteiger partial charge in [0.2, 0.25) is 10.0 Å². The average molecular weight is 452 g/mol. The molecule has 1 aliphatic rings. The smallest absolute Gasteiger partial charge is 0.340 e. The summed E-state index contributed by atoms with van der Waals surface area (Å²) in [5, 5.41) is 0.143. The third kappa shape index (κ3) is 5.21. The molecule has 6 nitrogen and oxygen atoms in total. The molecule has 1 fully saturated rings. The van der Waals surface area contributed by atoms with Crippen molar-refractivity contribution in [2.75, 3.05) is 26.3 Å². The van der Waals surface area contributed by atoms with Crippen molar-refractivity contribution in [2.45, 2.75) is 37.7 Å². The van der Waals surface area contributed by atoms with Crippen molar-refractivity contribution in [1.82, 2.24) is 4.31 Å². The van der Waals surface area contributed by atoms with E-state index >= 15 is 0 Å². The molecule has 0 bridgehead atoms. The summed E-state index contributed by atoms with van der Waals surface area (Å²) in [5.41, 5.74) is 2.08. The van der Waals surface area contributed by atoms with Gasteiger partial charge in [0.15, 0.2) is 0 Å². The minimum absolute atomic E-state index is 0.00952. The largest absolute Gasteiger partial charge is 0.457 e. The van der Waals surface area contributed by atoms with Gasteiger partial charge in [0, 0.05) is 13.1 Å². The third-order valence-corrected chi connectivity index (χ3v) is 7.18. The molecule has 8 heteroatoms. The quantitative estimate of drug-likeness (QED) is 0.642. The number of carbonyl (C=O) groups excluding carboxylic acids is 1. The van der Waals surface area contributed by atoms with E-state index in [4.69, 9.17) is 21.1 Å². The zero-order valence-electron chi connectivity index (χ0n) is 17.4. The highest BCUT2D eigenvalue weighted by molar-refractivity contribution is 7.89. The van der Waals surface area contributed by atoms with Gasteiger partial charge in [-0.1, -0.05) is 56.6 Å². The highest BCUT2D eigenvalue weighted by atomic mass is 35.5. The van der Waals surface area contributed by atoms with Crippen LogP contribution in [0.3, 0.4) is 0 Å². The van der Waals surface area contributed by atoms with E-state index < -0.39 is 16.0 Å². The van der Waals surface area contributed by atoms with Crippen LogP contribution in [-0.2, 0) is 31.5 Å². The Hall–Kier alpha value is -1.93. The molecule has 0 aromatic heterocycles. The van der Waals surface area contributed by atoms with Crippen molar-refractivity contribution < 1.29 is 22.7 Å². The second-order valence-electron chi connectivity index (χ2n) is 8.18. The fourth-order valence-corrected chi connectivity index (χ4v) is 4.71. The summed E-state index contributed by atoms with van der Waals surface area (Å²) < 4.78 is 37.6. The first-order valence-electron chi connectivity index (χ1n) is 9.73. The summed E-state index contributed by atoms with van der Waals surface area (Å²) in [6.45, 7) is 7.68. The Morgan fingerprint density at radius 2 is 1.73 bits per heavy atom. The number of nitrogens with zero attached hydrogens (tertiary/aromatic N) is 1. The van der Waals surface area contributed by atoms with Crippen LogP contribution >= 0.6 is 11.6 Å². The Bertz CT molecular complexity index is 1010. The third-order valence-electron chi connectivity index (χ3n) is 4.96. The van der Waals surface area contributed by atoms with E-state index in [2.05, 4.69) is 20.8 Å². The van der Waals surface area contributed by atoms with Crippen molar-refractivity contribution in [3.05, 3.63) is 64.2 Å². The van der Waals surface area contributed by atoms with Crippen molar-refractivity contribution in [2.24, 2.45) is 0 Å². The second-order valence-corrected chi connectivity index (χ2v) is 10.5. The van der Waals surface area contributed by atoms with Crippen LogP contribution in [0, 0.1) is 0 Å². The lowest BCUT2D eigenvalue weighted by atomic mass is 9.87. The summed E-state index contributed by atoms with van der Waals surface area (Å²) in [6.07, 6.45) is 0. The van der Waals surface area contributed by atoms with Crippen LogP contribution in [0.4, 0.5) is 0 Å². The molecule has 0 N–H and O–H groups in total. The molecule has 0 aliphatic carbocycles. The standard InChI is InChI=1S/C22H26ClNO5S/c1-22(2,3)17-6-4-16(5-7-17)15-29-21(25)19-14-18(8-9-20(19)23)30(26,27)24-10-12-28-13-11-24/h4-9,14H,10-13,15H2,1-3H3. The number of rotatable bonds is 5. The van der Waals surface area contributed by atoms with Crippen LogP contribution in [0.1, 0.15) is 42.3 Å². The summed E-state index contributed by atoms with van der Waals surface area (Å²) >= 11 is 6.15. The molecule has 1 heterocycles. The summed E-state index contributed by atoms with van der Waals surface area (Å²) in [7, 11) is -3.73. The average Bonchev–Trinajstić information content (AvgIpc) is 2.72. The van der Waals surface area contributed by atoms with Crippen molar-refractivity contribution in [3.63, 3.8) is 0 Å². The number of hydrogen-bond acceptors (Lipinski definition) is 5. The fraction of sp³-hybridized carbons (Fsp3) is 0.409. The van der Waals surface area contributed by atoms with Crippen LogP contribution in [0.2, 0.25) is 5.02 Å². The van der Waals surface area contributed by atoms with Crippen LogP contribution in [0.5, 0.6) is 0 Å². The Morgan fingerprint density at radius 3 is 2.33 bits per heavy atom. The summed E-state index contributed by atoms with van der Waals surface area (Å²) in [5.74, 6) is -0.668. The number of morpholine rings is 1. The van der Waals surface area contributed by atoms with Crippen LogP contribution in [0.15, 0.2) is 47.4 Å². The molecule has 3 rings (SSSR count). The molecule has 0 radical (unpaired) electrons. The molecule has 0 unspecified atom stereocenters. The molecule has 1 saturated heterocycles. The van der Waals surface area contributed by atoms with Crippen LogP contribution in [0.25, 0.3) is 0 Å². The maximum atomic E-state index is 12.8. The van der Waals surface area contributed by atoms with Crippen molar-refractivity contribution >= 4 is 27.6 Å². The monoisotopic (exact) mass is 451 g/mol. The first-order chi connectivity index (χ1) is 14.1. The molecule has 2 aromatic rings. The van der Waals surface area contributed by atoms with Gasteiger partial charge in [-0.3, -0.25) is 0 Å². The van der Waals surface area contributed by atoms with E-state index in [-0.39, 0.29) is 40.6 Å². The molecule has 162 valence electrons. The minimum atomic E-state index is -3.73. The lowest BCUT2D eigenvalue weighted by molar-refractivity contribution is 0.0472. The predicted octanol–water partition coefficient (Wildman–Crippen LogP) is 4.02. The first kappa shape index (κ1) is 22.7. The van der Waals surface area contributed by atoms with E-state index in [0.29, 0.717) is 13.2 Å². The van der Waals surface area contributed by atoms with E-state index in [1.54, 1.807) is 0 Å². The SMILES string of the molecule is CC(C)(C)c1ccc(COC(=O)c2cc(S(=O)(=O)N3CCOCC3)ccc2Cl)cc1. The normalized spacial score (nSPS) is 15.7. The zero-order chi connectivity index (χ0) is 21.9. The van der Waals surface area contributed by atoms with E-state index in [9.17, 15) is 13.2 Å². The topological polar surface area (TPSA) is 72.9 Å². The number of hydrogen-bond donors (Lipinski definition) is 0. The molecule has 0 spiro atoms. The van der Waals surface area contributed by atoms with Gasteiger partial charge in [-0.2, -0.15) is 4.31 Å². The number of halogens is 1. The highest BCUT2D eigenvalue weighted by Crippen LogP contribution is 2.25. The minimum Gasteiger partial charge on any atom is -0.457 e. The van der Waals surface area contributed by atoms with Gasteiger partial charge in [0.25, 0.3) is 0 Å². The summed E-state index contributed by atoms with van der Waals surface area (Å²) in [6, 6.07) is 11.9. The van der Waals surface area contributed by atoms with Gasteiger partial charge < -0.3 is 9.47 Å². The van der Waals surface area contributed by atoms with Gasteiger partial charge in [-0.15, -0.1) is 0 Å². The Balaban J connectivity index is 1.73. The Labute approximate surface area is 182 Å². The maximum Gasteiger partial charge on any atom is 0.340 e. The maximum absolute atomic E-state index is 12.8. The van der Waals surface area contributed by atoms with Crippen LogP contribution in [-0.4, -0.2) is 45.0 Å². The lowest BCUT2D eigenvalue weighted by Crippen LogP contribution is -2.40. The van der Waals surface area contributed by atoms with Gasteiger partial charge in [-0.05, 0) is 34.7 Å². The van der Waals surface area contributed by atoms with E-state index in [0.717, 1.165) is 5.56 Å². The van der Waals surface area contributed by atoms with Gasteiger partial charge >= 0.3 is 5.97 Å². The zero-order valence-corrected chi connectivity index (χ0v) is 18.9. The number of carbonyl (C=O) groups is 1. The van der Waals surface area contributed by atoms with Crippen molar-refractivity contribution in [3.8, 4) is 0 Å².